The Bertz CT molecular complexity index is 665. The number of quaternary nitrogens is 1. The number of unbranched alkanes of at least 4 members (excludes halogenated alkanes) is 1. The molecule has 2 N–H and O–H groups in total. The summed E-state index contributed by atoms with van der Waals surface area (Å²) in [7, 11) is 0. The summed E-state index contributed by atoms with van der Waals surface area (Å²) < 4.78 is 0. The molecule has 19 heavy (non-hydrogen) atoms. The Balaban J connectivity index is 2.06. The van der Waals surface area contributed by atoms with Gasteiger partial charge in [0.25, 0.3) is 0 Å². The van der Waals surface area contributed by atoms with E-state index >= 15 is 0 Å². The van der Waals surface area contributed by atoms with Crippen LogP contribution < -0.4 is 5.32 Å². The van der Waals surface area contributed by atoms with Crippen molar-refractivity contribution in [2.24, 2.45) is 0 Å². The summed E-state index contributed by atoms with van der Waals surface area (Å²) in [6, 6.07) is 12.2. The van der Waals surface area contributed by atoms with E-state index in [-0.39, 0.29) is 5.78 Å². The monoisotopic (exact) mass is 252 g/mol. The lowest BCUT2D eigenvalue weighted by atomic mass is 9.90. The highest BCUT2D eigenvalue weighted by molar-refractivity contribution is 6.21. The molecule has 0 amide bonds. The highest BCUT2D eigenvalue weighted by atomic mass is 16.1. The van der Waals surface area contributed by atoms with Gasteiger partial charge >= 0.3 is 0 Å². The molecule has 0 atom stereocenters. The molecular formula is C17H18NO+. The molecule has 0 aromatic heterocycles. The summed E-state index contributed by atoms with van der Waals surface area (Å²) in [6.45, 7) is 3.15. The van der Waals surface area contributed by atoms with Gasteiger partial charge in [0.15, 0.2) is 5.70 Å². The van der Waals surface area contributed by atoms with Crippen LogP contribution in [0, 0.1) is 0 Å². The second-order valence-corrected chi connectivity index (χ2v) is 5.03. The number of nitrogens with two attached hydrogens (primary N) is 1. The number of carbonyl (C=O) groups is 1. The Labute approximate surface area is 113 Å². The number of allylic oxidation sites excluding steroid dienone is 1. The first-order valence-corrected chi connectivity index (χ1v) is 6.92. The van der Waals surface area contributed by atoms with Gasteiger partial charge in [-0.15, -0.1) is 0 Å². The highest BCUT2D eigenvalue weighted by Crippen LogP contribution is 2.29. The molecule has 0 radical (unpaired) electrons. The van der Waals surface area contributed by atoms with Crippen molar-refractivity contribution in [3.05, 3.63) is 53.2 Å². The highest BCUT2D eigenvalue weighted by Gasteiger charge is 2.24. The minimum absolute atomic E-state index is 0.167. The van der Waals surface area contributed by atoms with E-state index in [0.29, 0.717) is 0 Å². The van der Waals surface area contributed by atoms with Gasteiger partial charge in [0.05, 0.1) is 6.54 Å². The Morgan fingerprint density at radius 1 is 1.11 bits per heavy atom. The Kier molecular flexibility index (Phi) is 3.18. The summed E-state index contributed by atoms with van der Waals surface area (Å²) in [6.07, 6.45) is 4.33. The molecule has 0 saturated carbocycles. The number of Topliss-reactive ketones (excluding diaryl/α,β-unsaturated/α-hetero) is 1. The minimum Gasteiger partial charge on any atom is -0.310 e. The molecule has 1 aliphatic carbocycles. The van der Waals surface area contributed by atoms with Crippen molar-refractivity contribution in [3.8, 4) is 0 Å². The SMILES string of the molecule is CCCC[NH2+]C1=Cc2cccc3cccc(c23)C1=O. The van der Waals surface area contributed by atoms with E-state index in [1.807, 2.05) is 18.2 Å². The quantitative estimate of drug-likeness (QED) is 0.834. The van der Waals surface area contributed by atoms with Crippen LogP contribution in [0.2, 0.25) is 0 Å². The van der Waals surface area contributed by atoms with Gasteiger partial charge in [-0.2, -0.15) is 0 Å². The largest absolute Gasteiger partial charge is 0.310 e. The summed E-state index contributed by atoms with van der Waals surface area (Å²) in [5.41, 5.74) is 2.86. The van der Waals surface area contributed by atoms with Crippen LogP contribution in [0.25, 0.3) is 16.8 Å². The summed E-state index contributed by atoms with van der Waals surface area (Å²) >= 11 is 0. The van der Waals surface area contributed by atoms with Crippen molar-refractivity contribution in [1.29, 1.82) is 0 Å². The molecule has 3 rings (SSSR count). The van der Waals surface area contributed by atoms with E-state index in [1.165, 1.54) is 0 Å². The maximum Gasteiger partial charge on any atom is 0.246 e. The zero-order chi connectivity index (χ0) is 13.2. The minimum atomic E-state index is 0.167. The third kappa shape index (κ3) is 2.08. The second-order valence-electron chi connectivity index (χ2n) is 5.03. The van der Waals surface area contributed by atoms with E-state index in [1.54, 1.807) is 0 Å². The topological polar surface area (TPSA) is 33.7 Å². The molecule has 0 saturated heterocycles. The zero-order valence-corrected chi connectivity index (χ0v) is 11.1. The molecule has 1 aliphatic rings. The standard InChI is InChI=1S/C17H17NO/c1-2-3-10-18-15-11-13-8-4-6-12-7-5-9-14(16(12)13)17(15)19/h4-9,11,18H,2-3,10H2,1H3/p+1. The first-order chi connectivity index (χ1) is 9.31. The number of rotatable bonds is 4. The fourth-order valence-corrected chi connectivity index (χ4v) is 2.68. The van der Waals surface area contributed by atoms with Crippen molar-refractivity contribution in [2.75, 3.05) is 6.54 Å². The predicted octanol–water partition coefficient (Wildman–Crippen LogP) is 2.74. The average Bonchev–Trinajstić information content (AvgIpc) is 2.44. The van der Waals surface area contributed by atoms with Crippen LogP contribution in [0.3, 0.4) is 0 Å². The molecule has 0 heterocycles. The van der Waals surface area contributed by atoms with E-state index in [4.69, 9.17) is 0 Å². The summed E-state index contributed by atoms with van der Waals surface area (Å²) in [5, 5.41) is 4.33. The molecule has 2 aromatic rings. The van der Waals surface area contributed by atoms with Crippen molar-refractivity contribution in [3.63, 3.8) is 0 Å². The van der Waals surface area contributed by atoms with Crippen molar-refractivity contribution >= 4 is 22.6 Å². The Hall–Kier alpha value is -1.93. The fourth-order valence-electron chi connectivity index (χ4n) is 2.68. The average molecular weight is 252 g/mol. The molecule has 0 bridgehead atoms. The molecule has 2 aromatic carbocycles. The van der Waals surface area contributed by atoms with Crippen LogP contribution in [0.1, 0.15) is 35.7 Å². The number of benzene rings is 2. The predicted molar refractivity (Wildman–Crippen MR) is 78.0 cm³/mol. The normalized spacial score (nSPS) is 13.7. The maximum absolute atomic E-state index is 12.5. The van der Waals surface area contributed by atoms with Gasteiger partial charge in [-0.3, -0.25) is 4.79 Å². The van der Waals surface area contributed by atoms with E-state index in [2.05, 4.69) is 36.5 Å². The maximum atomic E-state index is 12.5. The van der Waals surface area contributed by atoms with Gasteiger partial charge in [0.2, 0.25) is 5.78 Å². The summed E-state index contributed by atoms with van der Waals surface area (Å²) in [5.74, 6) is 0.167. The van der Waals surface area contributed by atoms with E-state index in [0.717, 1.165) is 47.0 Å². The number of hydrogen-bond acceptors (Lipinski definition) is 1. The molecule has 0 unspecified atom stereocenters. The van der Waals surface area contributed by atoms with Gasteiger partial charge in [-0.1, -0.05) is 49.7 Å². The fraction of sp³-hybridized carbons (Fsp3) is 0.235. The first-order valence-electron chi connectivity index (χ1n) is 6.92. The number of hydrogen-bond donors (Lipinski definition) is 1. The first kappa shape index (κ1) is 12.1. The third-order valence-corrected chi connectivity index (χ3v) is 3.68. The van der Waals surface area contributed by atoms with Crippen LogP contribution in [0.4, 0.5) is 0 Å². The number of ketones is 1. The molecule has 2 nitrogen and oxygen atoms in total. The molecular weight excluding hydrogens is 234 g/mol. The van der Waals surface area contributed by atoms with Crippen LogP contribution in [-0.4, -0.2) is 12.3 Å². The van der Waals surface area contributed by atoms with Crippen LogP contribution in [0.5, 0.6) is 0 Å². The lowest BCUT2D eigenvalue weighted by molar-refractivity contribution is -0.598. The van der Waals surface area contributed by atoms with Crippen molar-refractivity contribution in [1.82, 2.24) is 0 Å². The lowest BCUT2D eigenvalue weighted by Gasteiger charge is -2.15. The van der Waals surface area contributed by atoms with Crippen LogP contribution in [-0.2, 0) is 0 Å². The molecule has 0 aliphatic heterocycles. The van der Waals surface area contributed by atoms with Crippen molar-refractivity contribution in [2.45, 2.75) is 19.8 Å². The molecule has 0 fully saturated rings. The van der Waals surface area contributed by atoms with Gasteiger partial charge in [-0.25, -0.2) is 0 Å². The second kappa shape index (κ2) is 4.98. The van der Waals surface area contributed by atoms with Crippen LogP contribution >= 0.6 is 0 Å². The summed E-state index contributed by atoms with van der Waals surface area (Å²) in [4.78, 5) is 12.5. The third-order valence-electron chi connectivity index (χ3n) is 3.68. The zero-order valence-electron chi connectivity index (χ0n) is 11.1. The Morgan fingerprint density at radius 3 is 2.68 bits per heavy atom. The van der Waals surface area contributed by atoms with Gasteiger partial charge in [-0.05, 0) is 17.4 Å². The molecule has 96 valence electrons. The van der Waals surface area contributed by atoms with Gasteiger partial charge < -0.3 is 5.32 Å². The van der Waals surface area contributed by atoms with Crippen molar-refractivity contribution < 1.29 is 10.1 Å². The lowest BCUT2D eigenvalue weighted by Crippen LogP contribution is -2.83. The van der Waals surface area contributed by atoms with Gasteiger partial charge in [0.1, 0.15) is 0 Å². The Morgan fingerprint density at radius 2 is 1.89 bits per heavy atom. The molecule has 0 spiro atoms. The van der Waals surface area contributed by atoms with Gasteiger partial charge in [0, 0.05) is 17.0 Å². The van der Waals surface area contributed by atoms with E-state index in [9.17, 15) is 4.79 Å². The van der Waals surface area contributed by atoms with E-state index < -0.39 is 0 Å². The van der Waals surface area contributed by atoms with Crippen LogP contribution in [0.15, 0.2) is 42.1 Å². The smallest absolute Gasteiger partial charge is 0.246 e. The molecule has 2 heteroatoms. The number of carbonyl (C=O) groups excluding carboxylic acids is 1.